The predicted molar refractivity (Wildman–Crippen MR) is 134 cm³/mol. The second-order valence-corrected chi connectivity index (χ2v) is 10.5. The van der Waals surface area contributed by atoms with Crippen molar-refractivity contribution in [3.63, 3.8) is 0 Å². The number of piperazine rings is 1. The monoisotopic (exact) mass is 535 g/mol. The van der Waals surface area contributed by atoms with Gasteiger partial charge in [-0.2, -0.15) is 0 Å². The SMILES string of the molecule is Cc1c(C(=O)N2CCC(F)(F)C2)sc2ncn(CC(=O)N3CCN(c4cccc(Cl)c4)CC3)c(=O)c12. The molecule has 4 heterocycles. The predicted octanol–water partition coefficient (Wildman–Crippen LogP) is 3.25. The second-order valence-electron chi connectivity index (χ2n) is 9.09. The van der Waals surface area contributed by atoms with Crippen molar-refractivity contribution < 1.29 is 18.4 Å². The first-order valence-electron chi connectivity index (χ1n) is 11.6. The van der Waals surface area contributed by atoms with Gasteiger partial charge in [0.25, 0.3) is 17.4 Å². The Morgan fingerprint density at radius 2 is 1.89 bits per heavy atom. The first kappa shape index (κ1) is 24.6. The Hall–Kier alpha value is -3.05. The molecule has 2 fully saturated rings. The van der Waals surface area contributed by atoms with Gasteiger partial charge in [0.1, 0.15) is 11.4 Å². The van der Waals surface area contributed by atoms with E-state index in [1.807, 2.05) is 24.3 Å². The summed E-state index contributed by atoms with van der Waals surface area (Å²) in [5, 5.41) is 0.899. The van der Waals surface area contributed by atoms with Gasteiger partial charge in [0, 0.05) is 49.9 Å². The van der Waals surface area contributed by atoms with Gasteiger partial charge in [0.15, 0.2) is 0 Å². The molecule has 0 bridgehead atoms. The number of likely N-dealkylation sites (tertiary alicyclic amines) is 1. The lowest BCUT2D eigenvalue weighted by Gasteiger charge is -2.36. The van der Waals surface area contributed by atoms with Crippen LogP contribution in [0.2, 0.25) is 5.02 Å². The Kier molecular flexibility index (Phi) is 6.46. The summed E-state index contributed by atoms with van der Waals surface area (Å²) in [5.41, 5.74) is 0.978. The third-order valence-corrected chi connectivity index (χ3v) is 8.10. The Labute approximate surface area is 214 Å². The number of anilines is 1. The zero-order valence-corrected chi connectivity index (χ0v) is 21.1. The molecule has 2 aliphatic heterocycles. The molecular formula is C24H24ClF2N5O3S. The van der Waals surface area contributed by atoms with Crippen LogP contribution >= 0.6 is 22.9 Å². The smallest absolute Gasteiger partial charge is 0.267 e. The van der Waals surface area contributed by atoms with Crippen LogP contribution in [-0.2, 0) is 11.3 Å². The van der Waals surface area contributed by atoms with Crippen LogP contribution in [0.15, 0.2) is 35.4 Å². The van der Waals surface area contributed by atoms with Crippen LogP contribution in [0.4, 0.5) is 14.5 Å². The number of aryl methyl sites for hydroxylation is 1. The van der Waals surface area contributed by atoms with E-state index in [9.17, 15) is 23.2 Å². The summed E-state index contributed by atoms with van der Waals surface area (Å²) in [6.07, 6.45) is 0.933. The first-order valence-corrected chi connectivity index (χ1v) is 12.8. The number of alkyl halides is 2. The standard InChI is InChI=1S/C24H24ClF2N5O3S/c1-15-19-21(36-20(15)23(35)31-6-5-24(26,27)13-31)28-14-32(22(19)34)12-18(33)30-9-7-29(8-10-30)17-4-2-3-16(25)11-17/h2-4,11,14H,5-10,12-13H2,1H3. The van der Waals surface area contributed by atoms with Crippen molar-refractivity contribution in [1.82, 2.24) is 19.4 Å². The van der Waals surface area contributed by atoms with Crippen LogP contribution in [0.25, 0.3) is 10.2 Å². The van der Waals surface area contributed by atoms with Crippen molar-refractivity contribution in [2.75, 3.05) is 44.2 Å². The molecular weight excluding hydrogens is 512 g/mol. The Balaban J connectivity index is 1.29. The van der Waals surface area contributed by atoms with Crippen molar-refractivity contribution in [3.8, 4) is 0 Å². The average molecular weight is 536 g/mol. The quantitative estimate of drug-likeness (QED) is 0.512. The van der Waals surface area contributed by atoms with Gasteiger partial charge in [-0.05, 0) is 30.7 Å². The van der Waals surface area contributed by atoms with E-state index in [4.69, 9.17) is 11.6 Å². The Bertz CT molecular complexity index is 1400. The zero-order chi connectivity index (χ0) is 25.6. The first-order chi connectivity index (χ1) is 17.1. The molecule has 190 valence electrons. The molecule has 0 unspecified atom stereocenters. The third-order valence-electron chi connectivity index (χ3n) is 6.68. The topological polar surface area (TPSA) is 78.8 Å². The highest BCUT2D eigenvalue weighted by Crippen LogP contribution is 2.32. The number of hydrogen-bond acceptors (Lipinski definition) is 6. The van der Waals surface area contributed by atoms with E-state index in [1.165, 1.54) is 10.9 Å². The van der Waals surface area contributed by atoms with Gasteiger partial charge < -0.3 is 14.7 Å². The Morgan fingerprint density at radius 3 is 2.56 bits per heavy atom. The number of aromatic nitrogens is 2. The maximum atomic E-state index is 13.6. The van der Waals surface area contributed by atoms with Crippen LogP contribution in [0.5, 0.6) is 0 Å². The zero-order valence-electron chi connectivity index (χ0n) is 19.5. The fourth-order valence-corrected chi connectivity index (χ4v) is 5.95. The number of halogens is 3. The van der Waals surface area contributed by atoms with E-state index in [-0.39, 0.29) is 35.7 Å². The molecule has 5 rings (SSSR count). The van der Waals surface area contributed by atoms with E-state index < -0.39 is 23.9 Å². The highest BCUT2D eigenvalue weighted by molar-refractivity contribution is 7.20. The molecule has 0 radical (unpaired) electrons. The number of fused-ring (bicyclic) bond motifs is 1. The highest BCUT2D eigenvalue weighted by atomic mass is 35.5. The number of carbonyl (C=O) groups excluding carboxylic acids is 2. The molecule has 8 nitrogen and oxygen atoms in total. The lowest BCUT2D eigenvalue weighted by Crippen LogP contribution is -2.50. The van der Waals surface area contributed by atoms with Crippen molar-refractivity contribution in [3.05, 3.63) is 56.4 Å². The normalized spacial score (nSPS) is 17.7. The van der Waals surface area contributed by atoms with Gasteiger partial charge in [-0.25, -0.2) is 13.8 Å². The summed E-state index contributed by atoms with van der Waals surface area (Å²) in [4.78, 5) is 48.8. The number of carbonyl (C=O) groups is 2. The van der Waals surface area contributed by atoms with Crippen LogP contribution in [0.1, 0.15) is 21.7 Å². The molecule has 0 saturated carbocycles. The molecule has 2 aliphatic rings. The summed E-state index contributed by atoms with van der Waals surface area (Å²) >= 11 is 7.10. The van der Waals surface area contributed by atoms with Crippen LogP contribution in [-0.4, -0.2) is 76.4 Å². The number of rotatable bonds is 4. The molecule has 2 amide bonds. The number of hydrogen-bond donors (Lipinski definition) is 0. The molecule has 2 aromatic heterocycles. The van der Waals surface area contributed by atoms with Crippen LogP contribution < -0.4 is 10.5 Å². The number of nitrogens with zero attached hydrogens (tertiary/aromatic N) is 5. The van der Waals surface area contributed by atoms with Crippen molar-refractivity contribution in [1.29, 1.82) is 0 Å². The number of amides is 2. The number of thiophene rings is 1. The van der Waals surface area contributed by atoms with Crippen LogP contribution in [0, 0.1) is 6.92 Å². The van der Waals surface area contributed by atoms with Gasteiger partial charge in [0.05, 0.1) is 23.1 Å². The molecule has 1 aromatic carbocycles. The minimum atomic E-state index is -2.90. The van der Waals surface area contributed by atoms with Crippen molar-refractivity contribution in [2.45, 2.75) is 25.8 Å². The minimum absolute atomic E-state index is 0.0315. The number of benzene rings is 1. The molecule has 12 heteroatoms. The lowest BCUT2D eigenvalue weighted by atomic mass is 10.2. The molecule has 0 atom stereocenters. The average Bonchev–Trinajstić information content (AvgIpc) is 3.39. The van der Waals surface area contributed by atoms with E-state index in [0.717, 1.165) is 21.9 Å². The minimum Gasteiger partial charge on any atom is -0.368 e. The molecule has 3 aromatic rings. The van der Waals surface area contributed by atoms with Gasteiger partial charge in [0.2, 0.25) is 5.91 Å². The van der Waals surface area contributed by atoms with Gasteiger partial charge in [-0.3, -0.25) is 19.0 Å². The second kappa shape index (κ2) is 9.44. The Morgan fingerprint density at radius 1 is 1.14 bits per heavy atom. The summed E-state index contributed by atoms with van der Waals surface area (Å²) in [7, 11) is 0. The van der Waals surface area contributed by atoms with E-state index in [1.54, 1.807) is 11.8 Å². The van der Waals surface area contributed by atoms with Gasteiger partial charge in [-0.15, -0.1) is 11.3 Å². The van der Waals surface area contributed by atoms with E-state index in [0.29, 0.717) is 41.6 Å². The molecule has 36 heavy (non-hydrogen) atoms. The molecule has 2 saturated heterocycles. The molecule has 0 aliphatic carbocycles. The van der Waals surface area contributed by atoms with E-state index in [2.05, 4.69) is 9.88 Å². The molecule has 0 N–H and O–H groups in total. The summed E-state index contributed by atoms with van der Waals surface area (Å²) in [6.45, 7) is 3.08. The van der Waals surface area contributed by atoms with Crippen molar-refractivity contribution >= 4 is 50.7 Å². The fraction of sp³-hybridized carbons (Fsp3) is 0.417. The van der Waals surface area contributed by atoms with Gasteiger partial charge in [-0.1, -0.05) is 17.7 Å². The summed E-state index contributed by atoms with van der Waals surface area (Å²) in [6, 6.07) is 7.56. The van der Waals surface area contributed by atoms with Crippen molar-refractivity contribution in [2.24, 2.45) is 0 Å². The summed E-state index contributed by atoms with van der Waals surface area (Å²) < 4.78 is 28.4. The fourth-order valence-electron chi connectivity index (χ4n) is 4.66. The maximum Gasteiger partial charge on any atom is 0.267 e. The highest BCUT2D eigenvalue weighted by Gasteiger charge is 2.41. The lowest BCUT2D eigenvalue weighted by molar-refractivity contribution is -0.132. The largest absolute Gasteiger partial charge is 0.368 e. The third kappa shape index (κ3) is 4.69. The van der Waals surface area contributed by atoms with Gasteiger partial charge >= 0.3 is 0 Å². The maximum absolute atomic E-state index is 13.6. The summed E-state index contributed by atoms with van der Waals surface area (Å²) in [5.74, 6) is -3.62. The molecule has 0 spiro atoms. The van der Waals surface area contributed by atoms with Crippen LogP contribution in [0.3, 0.4) is 0 Å². The van der Waals surface area contributed by atoms with E-state index >= 15 is 0 Å².